The lowest BCUT2D eigenvalue weighted by Crippen LogP contribution is -2.36. The predicted molar refractivity (Wildman–Crippen MR) is 131 cm³/mol. The van der Waals surface area contributed by atoms with E-state index >= 15 is 0 Å². The summed E-state index contributed by atoms with van der Waals surface area (Å²) >= 11 is 1.35. The van der Waals surface area contributed by atoms with Crippen LogP contribution in [0.1, 0.15) is 37.6 Å². The molecule has 0 unspecified atom stereocenters. The second-order valence-corrected chi connectivity index (χ2v) is 8.75. The van der Waals surface area contributed by atoms with E-state index in [-0.39, 0.29) is 18.2 Å². The van der Waals surface area contributed by atoms with Gasteiger partial charge in [-0.05, 0) is 56.4 Å². The van der Waals surface area contributed by atoms with Gasteiger partial charge in [-0.15, -0.1) is 0 Å². The van der Waals surface area contributed by atoms with Crippen LogP contribution in [0, 0.1) is 0 Å². The van der Waals surface area contributed by atoms with Crippen molar-refractivity contribution in [3.05, 3.63) is 78.1 Å². The molecule has 0 atom stereocenters. The third-order valence-electron chi connectivity index (χ3n) is 4.94. The van der Waals surface area contributed by atoms with E-state index in [2.05, 4.69) is 0 Å². The van der Waals surface area contributed by atoms with Crippen LogP contribution in [0.15, 0.2) is 71.3 Å². The molecule has 2 aromatic carbocycles. The average molecular weight is 469 g/mol. The van der Waals surface area contributed by atoms with E-state index in [1.165, 1.54) is 16.7 Å². The largest absolute Gasteiger partial charge is 0.493 e. The van der Waals surface area contributed by atoms with E-state index in [4.69, 9.17) is 15.6 Å². The molecule has 0 aliphatic rings. The first-order valence-corrected chi connectivity index (χ1v) is 11.9. The summed E-state index contributed by atoms with van der Waals surface area (Å²) in [5.74, 6) is 1.08. The van der Waals surface area contributed by atoms with E-state index in [0.29, 0.717) is 30.1 Å². The fourth-order valence-corrected chi connectivity index (χ4v) is 3.90. The number of carbonyl (C=O) groups excluding carboxylic acids is 1. The number of carboxylic acid groups (broad SMARTS) is 1. The Morgan fingerprint density at radius 3 is 2.55 bits per heavy atom. The minimum atomic E-state index is -1.16. The Hall–Kier alpha value is -3.19. The van der Waals surface area contributed by atoms with Gasteiger partial charge in [-0.2, -0.15) is 11.8 Å². The number of thioether (sulfide) groups is 1. The molecule has 1 amide bonds. The summed E-state index contributed by atoms with van der Waals surface area (Å²) in [6.07, 6.45) is 2.31. The van der Waals surface area contributed by atoms with Crippen molar-refractivity contribution in [3.63, 3.8) is 0 Å². The molecule has 0 radical (unpaired) electrons. The molecule has 33 heavy (non-hydrogen) atoms. The van der Waals surface area contributed by atoms with Crippen LogP contribution in [-0.2, 0) is 11.3 Å². The number of rotatable bonds is 12. The number of para-hydroxylation sites is 1. The number of furan rings is 1. The van der Waals surface area contributed by atoms with Gasteiger partial charge in [-0.3, -0.25) is 9.59 Å². The van der Waals surface area contributed by atoms with Gasteiger partial charge >= 0.3 is 5.97 Å². The van der Waals surface area contributed by atoms with Crippen LogP contribution in [-0.4, -0.2) is 46.0 Å². The average Bonchev–Trinajstić information content (AvgIpc) is 3.34. The van der Waals surface area contributed by atoms with E-state index < -0.39 is 12.0 Å². The third-order valence-corrected chi connectivity index (χ3v) is 5.97. The molecular formula is C26H29NO5S. The molecule has 0 saturated carbocycles. The van der Waals surface area contributed by atoms with Gasteiger partial charge in [0.15, 0.2) is 0 Å². The Morgan fingerprint density at radius 1 is 1.12 bits per heavy atom. The Balaban J connectivity index is 1.69. The zero-order valence-corrected chi connectivity index (χ0v) is 19.6. The van der Waals surface area contributed by atoms with Crippen LogP contribution in [0.25, 0.3) is 11.3 Å². The molecule has 0 aliphatic carbocycles. The van der Waals surface area contributed by atoms with Gasteiger partial charge in [0, 0.05) is 29.3 Å². The van der Waals surface area contributed by atoms with Gasteiger partial charge in [0.1, 0.15) is 11.5 Å². The Morgan fingerprint density at radius 2 is 1.88 bits per heavy atom. The lowest BCUT2D eigenvalue weighted by molar-refractivity contribution is -0.133. The van der Waals surface area contributed by atoms with Gasteiger partial charge in [0.25, 0.3) is 5.91 Å². The van der Waals surface area contributed by atoms with Crippen LogP contribution in [0.2, 0.25) is 0 Å². The molecule has 0 spiro atoms. The van der Waals surface area contributed by atoms with Crippen LogP contribution < -0.4 is 4.74 Å². The van der Waals surface area contributed by atoms with Gasteiger partial charge in [0.05, 0.1) is 20.0 Å². The summed E-state index contributed by atoms with van der Waals surface area (Å²) in [4.78, 5) is 25.5. The highest BCUT2D eigenvalue weighted by Gasteiger charge is 2.21. The molecule has 0 bridgehead atoms. The molecule has 174 valence electrons. The quantitative estimate of drug-likeness (QED) is 0.349. The van der Waals surface area contributed by atoms with Crippen molar-refractivity contribution < 1.29 is 25.2 Å². The van der Waals surface area contributed by atoms with Crippen molar-refractivity contribution in [2.45, 2.75) is 32.8 Å². The van der Waals surface area contributed by atoms with Crippen LogP contribution in [0.4, 0.5) is 0 Å². The Bertz CT molecular complexity index is 1080. The standard InChI is InChI=1S/C26H29NO5S/c1-19(2)27(26(30)21-12-10-20(11-13-21)23-9-5-14-31-23)17-22-7-3-4-8-24(22)32-15-6-16-33-18-25(28)29/h3-5,7-14,19H,6,15-18H2,1-2H3,(H,28,29)/i19D. The molecule has 0 saturated heterocycles. The molecule has 3 aromatic rings. The van der Waals surface area contributed by atoms with Gasteiger partial charge in [0.2, 0.25) is 0 Å². The van der Waals surface area contributed by atoms with Crippen molar-refractivity contribution in [3.8, 4) is 17.1 Å². The number of hydrogen-bond acceptors (Lipinski definition) is 5. The summed E-state index contributed by atoms with van der Waals surface area (Å²) in [5.41, 5.74) is 2.17. The van der Waals surface area contributed by atoms with E-state index in [1.807, 2.05) is 48.5 Å². The molecule has 7 heteroatoms. The normalized spacial score (nSPS) is 11.6. The van der Waals surface area contributed by atoms with E-state index in [9.17, 15) is 9.59 Å². The second-order valence-electron chi connectivity index (χ2n) is 7.65. The van der Waals surface area contributed by atoms with Gasteiger partial charge in [-0.25, -0.2) is 0 Å². The van der Waals surface area contributed by atoms with Gasteiger partial charge in [-0.1, -0.05) is 30.3 Å². The number of nitrogens with zero attached hydrogens (tertiary/aromatic N) is 1. The summed E-state index contributed by atoms with van der Waals surface area (Å²) in [6.45, 7) is 4.03. The molecule has 0 aliphatic heterocycles. The minimum absolute atomic E-state index is 0.0781. The number of hydrogen-bond donors (Lipinski definition) is 1. The minimum Gasteiger partial charge on any atom is -0.493 e. The summed E-state index contributed by atoms with van der Waals surface area (Å²) in [6, 6.07) is 17.2. The van der Waals surface area contributed by atoms with Crippen molar-refractivity contribution in [1.29, 1.82) is 0 Å². The SMILES string of the molecule is [2H]C(C)(C)N(Cc1ccccc1OCCCSCC(=O)O)C(=O)c1ccc(-c2ccco2)cc1. The van der Waals surface area contributed by atoms with Crippen LogP contribution in [0.3, 0.4) is 0 Å². The molecule has 1 N–H and O–H groups in total. The monoisotopic (exact) mass is 468 g/mol. The maximum Gasteiger partial charge on any atom is 0.313 e. The molecule has 3 rings (SSSR count). The van der Waals surface area contributed by atoms with E-state index in [0.717, 1.165) is 16.9 Å². The number of benzene rings is 2. The zero-order valence-electron chi connectivity index (χ0n) is 19.8. The predicted octanol–water partition coefficient (Wildman–Crippen LogP) is 5.58. The first-order chi connectivity index (χ1) is 16.3. The van der Waals surface area contributed by atoms with Crippen molar-refractivity contribution in [2.75, 3.05) is 18.1 Å². The van der Waals surface area contributed by atoms with Gasteiger partial charge < -0.3 is 19.2 Å². The number of amides is 1. The van der Waals surface area contributed by atoms with Crippen LogP contribution >= 0.6 is 11.8 Å². The second kappa shape index (κ2) is 12.2. The zero-order chi connectivity index (χ0) is 24.6. The third kappa shape index (κ3) is 7.15. The smallest absolute Gasteiger partial charge is 0.313 e. The Kier molecular flexibility index (Phi) is 8.47. The lowest BCUT2D eigenvalue weighted by atomic mass is 10.1. The highest BCUT2D eigenvalue weighted by molar-refractivity contribution is 7.99. The molecule has 6 nitrogen and oxygen atoms in total. The highest BCUT2D eigenvalue weighted by Crippen LogP contribution is 2.24. The number of carboxylic acids is 1. The lowest BCUT2D eigenvalue weighted by Gasteiger charge is -2.28. The topological polar surface area (TPSA) is 80.0 Å². The van der Waals surface area contributed by atoms with Crippen molar-refractivity contribution in [2.24, 2.45) is 0 Å². The van der Waals surface area contributed by atoms with Crippen LogP contribution in [0.5, 0.6) is 5.75 Å². The molecule has 1 heterocycles. The van der Waals surface area contributed by atoms with Crippen molar-refractivity contribution in [1.82, 2.24) is 4.90 Å². The first-order valence-electron chi connectivity index (χ1n) is 11.2. The highest BCUT2D eigenvalue weighted by atomic mass is 32.2. The Labute approximate surface area is 200 Å². The first kappa shape index (κ1) is 23.0. The molecule has 1 aromatic heterocycles. The maximum atomic E-state index is 13.4. The molecular weight excluding hydrogens is 438 g/mol. The summed E-state index contributed by atoms with van der Waals surface area (Å²) in [5, 5.41) is 8.71. The number of carbonyl (C=O) groups is 2. The number of aliphatic carboxylic acids is 1. The summed E-state index contributed by atoms with van der Waals surface area (Å²) < 4.78 is 19.9. The fraction of sp³-hybridized carbons (Fsp3) is 0.308. The number of ether oxygens (including phenoxy) is 1. The fourth-order valence-electron chi connectivity index (χ4n) is 3.26. The van der Waals surface area contributed by atoms with Crippen molar-refractivity contribution >= 4 is 23.6 Å². The van der Waals surface area contributed by atoms with E-state index in [1.54, 1.807) is 32.2 Å². The maximum absolute atomic E-state index is 13.4. The summed E-state index contributed by atoms with van der Waals surface area (Å²) in [7, 11) is 0. The molecule has 0 fully saturated rings.